The normalized spacial score (nSPS) is 13.6. The van der Waals surface area contributed by atoms with Gasteiger partial charge in [-0.2, -0.15) is 0 Å². The van der Waals surface area contributed by atoms with Gasteiger partial charge >= 0.3 is 0 Å². The highest BCUT2D eigenvalue weighted by molar-refractivity contribution is 6.35. The third kappa shape index (κ3) is 3.97. The number of fused-ring (bicyclic) bond motifs is 1. The maximum Gasteiger partial charge on any atom is 0.261 e. The molecular formula is C25H17ClN4O3. The highest BCUT2D eigenvalue weighted by Crippen LogP contribution is 2.35. The number of carbonyl (C=O) groups is 2. The van der Waals surface area contributed by atoms with Gasteiger partial charge in [0.1, 0.15) is 5.56 Å². The molecule has 0 saturated heterocycles. The van der Waals surface area contributed by atoms with Crippen molar-refractivity contribution in [1.82, 2.24) is 9.97 Å². The summed E-state index contributed by atoms with van der Waals surface area (Å²) < 4.78 is 0. The van der Waals surface area contributed by atoms with Crippen molar-refractivity contribution in [3.05, 3.63) is 105 Å². The Labute approximate surface area is 193 Å². The molecule has 162 valence electrons. The molecule has 4 N–H and O–H groups in total. The molecule has 1 aliphatic rings. The molecule has 3 heterocycles. The zero-order valence-corrected chi connectivity index (χ0v) is 17.9. The summed E-state index contributed by atoms with van der Waals surface area (Å²) in [5.74, 6) is -0.791. The second-order valence-electron chi connectivity index (χ2n) is 7.47. The van der Waals surface area contributed by atoms with Gasteiger partial charge in [-0.25, -0.2) is 0 Å². The van der Waals surface area contributed by atoms with Crippen LogP contribution in [0.25, 0.3) is 22.8 Å². The molecule has 0 aliphatic carbocycles. The minimum absolute atomic E-state index is 0.0376. The smallest absolute Gasteiger partial charge is 0.261 e. The van der Waals surface area contributed by atoms with E-state index in [9.17, 15) is 14.4 Å². The Hall–Kier alpha value is -4.36. The molecule has 8 heteroatoms. The SMILES string of the molecule is O=C1Nc2cc(NC(=O)c3c[nH]cc(-c4cccc(Cl)c4)c3=O)ccc2C1=Cc1ccc[nH]1. The van der Waals surface area contributed by atoms with E-state index in [1.54, 1.807) is 54.7 Å². The van der Waals surface area contributed by atoms with E-state index in [1.165, 1.54) is 12.4 Å². The van der Waals surface area contributed by atoms with Crippen molar-refractivity contribution in [2.75, 3.05) is 10.6 Å². The van der Waals surface area contributed by atoms with Crippen molar-refractivity contribution < 1.29 is 9.59 Å². The number of H-pyrrole nitrogens is 2. The van der Waals surface area contributed by atoms with E-state index in [1.807, 2.05) is 12.1 Å². The fraction of sp³-hybridized carbons (Fsp3) is 0. The fourth-order valence-electron chi connectivity index (χ4n) is 3.73. The Kier molecular flexibility index (Phi) is 5.16. The van der Waals surface area contributed by atoms with Gasteiger partial charge < -0.3 is 20.6 Å². The lowest BCUT2D eigenvalue weighted by Gasteiger charge is -2.08. The first-order chi connectivity index (χ1) is 16.0. The van der Waals surface area contributed by atoms with Gasteiger partial charge in [-0.3, -0.25) is 14.4 Å². The summed E-state index contributed by atoms with van der Waals surface area (Å²) in [6.45, 7) is 0. The predicted molar refractivity (Wildman–Crippen MR) is 129 cm³/mol. The van der Waals surface area contributed by atoms with Gasteiger partial charge in [-0.15, -0.1) is 0 Å². The molecule has 0 bridgehead atoms. The highest BCUT2D eigenvalue weighted by atomic mass is 35.5. The summed E-state index contributed by atoms with van der Waals surface area (Å²) in [6.07, 6.45) is 6.44. The van der Waals surface area contributed by atoms with E-state index >= 15 is 0 Å². The van der Waals surface area contributed by atoms with Crippen LogP contribution in [0, 0.1) is 0 Å². The number of hydrogen-bond donors (Lipinski definition) is 4. The molecule has 0 atom stereocenters. The number of hydrogen-bond acceptors (Lipinski definition) is 3. The van der Waals surface area contributed by atoms with Crippen molar-refractivity contribution in [2.24, 2.45) is 0 Å². The predicted octanol–water partition coefficient (Wildman–Crippen LogP) is 4.77. The summed E-state index contributed by atoms with van der Waals surface area (Å²) in [4.78, 5) is 44.1. The number of halogens is 1. The first-order valence-corrected chi connectivity index (χ1v) is 10.5. The van der Waals surface area contributed by atoms with Crippen molar-refractivity contribution in [3.63, 3.8) is 0 Å². The lowest BCUT2D eigenvalue weighted by molar-refractivity contribution is -0.110. The first kappa shape index (κ1) is 20.5. The van der Waals surface area contributed by atoms with E-state index in [0.717, 1.165) is 11.3 Å². The number of pyridine rings is 1. The van der Waals surface area contributed by atoms with Crippen LogP contribution in [0.4, 0.5) is 11.4 Å². The van der Waals surface area contributed by atoms with Gasteiger partial charge in [-0.05, 0) is 48.0 Å². The molecule has 0 saturated carbocycles. The third-order valence-corrected chi connectivity index (χ3v) is 5.54. The van der Waals surface area contributed by atoms with E-state index in [2.05, 4.69) is 20.6 Å². The van der Waals surface area contributed by atoms with E-state index in [-0.39, 0.29) is 11.5 Å². The van der Waals surface area contributed by atoms with Crippen LogP contribution >= 0.6 is 11.6 Å². The van der Waals surface area contributed by atoms with Crippen LogP contribution in [0.5, 0.6) is 0 Å². The van der Waals surface area contributed by atoms with Crippen LogP contribution in [0.15, 0.2) is 78.0 Å². The number of amides is 2. The number of nitrogens with one attached hydrogen (secondary N) is 4. The van der Waals surface area contributed by atoms with Gasteiger partial charge in [0.05, 0.1) is 11.3 Å². The van der Waals surface area contributed by atoms with Crippen molar-refractivity contribution in [3.8, 4) is 11.1 Å². The number of aromatic amines is 2. The minimum Gasteiger partial charge on any atom is -0.366 e. The number of anilines is 2. The summed E-state index contributed by atoms with van der Waals surface area (Å²) in [5, 5.41) is 6.03. The maximum atomic E-state index is 12.9. The number of rotatable bonds is 4. The number of carbonyl (C=O) groups excluding carboxylic acids is 2. The number of benzene rings is 2. The molecule has 5 rings (SSSR count). The summed E-state index contributed by atoms with van der Waals surface area (Å²) in [6, 6.07) is 15.7. The van der Waals surface area contributed by atoms with Crippen LogP contribution in [0.3, 0.4) is 0 Å². The van der Waals surface area contributed by atoms with Crippen LogP contribution < -0.4 is 16.1 Å². The lowest BCUT2D eigenvalue weighted by Crippen LogP contribution is -2.22. The molecule has 7 nitrogen and oxygen atoms in total. The molecule has 0 fully saturated rings. The molecule has 2 aromatic heterocycles. The van der Waals surface area contributed by atoms with Crippen LogP contribution in [0.2, 0.25) is 5.02 Å². The Morgan fingerprint density at radius 3 is 2.64 bits per heavy atom. The third-order valence-electron chi connectivity index (χ3n) is 5.31. The minimum atomic E-state index is -0.563. The average Bonchev–Trinajstić information content (AvgIpc) is 3.41. The molecule has 0 radical (unpaired) electrons. The molecule has 2 aromatic carbocycles. The van der Waals surface area contributed by atoms with Gasteiger partial charge in [-0.1, -0.05) is 29.8 Å². The second-order valence-corrected chi connectivity index (χ2v) is 7.91. The van der Waals surface area contributed by atoms with Crippen molar-refractivity contribution in [1.29, 1.82) is 0 Å². The highest BCUT2D eigenvalue weighted by Gasteiger charge is 2.25. The maximum absolute atomic E-state index is 12.9. The molecule has 0 spiro atoms. The molecular weight excluding hydrogens is 440 g/mol. The van der Waals surface area contributed by atoms with Crippen LogP contribution in [-0.2, 0) is 4.79 Å². The van der Waals surface area contributed by atoms with E-state index in [0.29, 0.717) is 33.1 Å². The summed E-state index contributed by atoms with van der Waals surface area (Å²) in [7, 11) is 0. The van der Waals surface area contributed by atoms with Crippen molar-refractivity contribution >= 4 is 46.4 Å². The van der Waals surface area contributed by atoms with Gasteiger partial charge in [0.2, 0.25) is 5.43 Å². The fourth-order valence-corrected chi connectivity index (χ4v) is 3.92. The molecule has 33 heavy (non-hydrogen) atoms. The largest absolute Gasteiger partial charge is 0.366 e. The zero-order valence-electron chi connectivity index (χ0n) is 17.1. The Morgan fingerprint density at radius 1 is 0.970 bits per heavy atom. The van der Waals surface area contributed by atoms with E-state index < -0.39 is 11.3 Å². The topological polar surface area (TPSA) is 107 Å². The van der Waals surface area contributed by atoms with Crippen LogP contribution in [-0.4, -0.2) is 21.8 Å². The molecule has 2 amide bonds. The Bertz CT molecular complexity index is 1490. The Morgan fingerprint density at radius 2 is 1.85 bits per heavy atom. The monoisotopic (exact) mass is 456 g/mol. The zero-order chi connectivity index (χ0) is 22.9. The van der Waals surface area contributed by atoms with Gasteiger partial charge in [0.25, 0.3) is 11.8 Å². The molecule has 1 aliphatic heterocycles. The van der Waals surface area contributed by atoms with Gasteiger partial charge in [0, 0.05) is 46.1 Å². The van der Waals surface area contributed by atoms with Crippen molar-refractivity contribution in [2.45, 2.75) is 0 Å². The molecule has 0 unspecified atom stereocenters. The lowest BCUT2D eigenvalue weighted by atomic mass is 10.0. The Balaban J connectivity index is 1.42. The second kappa shape index (κ2) is 8.29. The molecule has 4 aromatic rings. The van der Waals surface area contributed by atoms with Crippen LogP contribution in [0.1, 0.15) is 21.6 Å². The average molecular weight is 457 g/mol. The van der Waals surface area contributed by atoms with E-state index in [4.69, 9.17) is 11.6 Å². The quantitative estimate of drug-likeness (QED) is 0.332. The summed E-state index contributed by atoms with van der Waals surface area (Å²) in [5.41, 5.74) is 3.59. The standard InChI is InChI=1S/C25H17ClN4O3/c26-15-4-1-3-14(9-15)20-12-27-13-21(23(20)31)25(33)29-17-6-7-18-19(10-16-5-2-8-28-16)24(32)30-22(18)11-17/h1-13,28H,(H,27,31)(H,29,33)(H,30,32). The van der Waals surface area contributed by atoms with Gasteiger partial charge in [0.15, 0.2) is 0 Å². The summed E-state index contributed by atoms with van der Waals surface area (Å²) >= 11 is 6.04. The number of aromatic nitrogens is 2. The first-order valence-electron chi connectivity index (χ1n) is 10.1.